The van der Waals surface area contributed by atoms with E-state index in [0.717, 1.165) is 16.4 Å². The molecular weight excluding hydrogens is 465 g/mol. The minimum atomic E-state index is -4.16. The van der Waals surface area contributed by atoms with E-state index in [0.29, 0.717) is 5.69 Å². The molecule has 2 aromatic rings. The number of anilines is 2. The van der Waals surface area contributed by atoms with Gasteiger partial charge in [-0.15, -0.1) is 0 Å². The van der Waals surface area contributed by atoms with Crippen LogP contribution in [0.4, 0.5) is 20.6 Å². The van der Waals surface area contributed by atoms with Gasteiger partial charge in [-0.2, -0.15) is 0 Å². The summed E-state index contributed by atoms with van der Waals surface area (Å²) < 4.78 is 53.1. The van der Waals surface area contributed by atoms with Gasteiger partial charge in [0.05, 0.1) is 23.2 Å². The van der Waals surface area contributed by atoms with Crippen LogP contribution in [-0.2, 0) is 19.6 Å². The number of fused-ring (bicyclic) bond motifs is 1. The van der Waals surface area contributed by atoms with Gasteiger partial charge < -0.3 is 14.8 Å². The Morgan fingerprint density at radius 1 is 1.15 bits per heavy atom. The molecule has 184 valence electrons. The second-order valence-electron chi connectivity index (χ2n) is 8.90. The smallest absolute Gasteiger partial charge is 0.412 e. The van der Waals surface area contributed by atoms with Crippen LogP contribution in [0.5, 0.6) is 5.75 Å². The molecule has 0 bridgehead atoms. The van der Waals surface area contributed by atoms with Crippen molar-refractivity contribution >= 4 is 33.4 Å². The van der Waals surface area contributed by atoms with Crippen LogP contribution in [0.2, 0.25) is 0 Å². The van der Waals surface area contributed by atoms with Gasteiger partial charge in [0.15, 0.2) is 0 Å². The molecule has 0 unspecified atom stereocenters. The third kappa shape index (κ3) is 5.77. The average molecular weight is 494 g/mol. The number of nitrogens with zero attached hydrogens (tertiary/aromatic N) is 1. The highest BCUT2D eigenvalue weighted by molar-refractivity contribution is 7.92. The van der Waals surface area contributed by atoms with Crippen molar-refractivity contribution in [1.82, 2.24) is 5.32 Å². The molecule has 0 saturated heterocycles. The van der Waals surface area contributed by atoms with Gasteiger partial charge in [0.2, 0.25) is 5.91 Å². The Morgan fingerprint density at radius 3 is 2.38 bits per heavy atom. The summed E-state index contributed by atoms with van der Waals surface area (Å²) in [6.07, 6.45) is -1.40. The zero-order valence-electron chi connectivity index (χ0n) is 19.6. The van der Waals surface area contributed by atoms with E-state index in [1.807, 2.05) is 0 Å². The fraction of sp³-hybridized carbons (Fsp3) is 0.391. The zero-order chi connectivity index (χ0) is 25.3. The Hall–Kier alpha value is -3.34. The molecule has 0 aliphatic carbocycles. The third-order valence-corrected chi connectivity index (χ3v) is 6.87. The number of carbonyl (C=O) groups excluding carboxylic acids is 2. The SMILES string of the molecule is CC(=O)NC[C@H]1Oc2ccc(NC(=O)OC(C)(C)C)cc2N(S(=O)(=O)c2ccc(F)cc2)[C@@H]1C. The van der Waals surface area contributed by atoms with Crippen LogP contribution in [-0.4, -0.2) is 44.7 Å². The van der Waals surface area contributed by atoms with Crippen LogP contribution in [0.15, 0.2) is 47.4 Å². The average Bonchev–Trinajstić information content (AvgIpc) is 2.71. The van der Waals surface area contributed by atoms with Crippen molar-refractivity contribution in [2.24, 2.45) is 0 Å². The Morgan fingerprint density at radius 2 is 1.79 bits per heavy atom. The van der Waals surface area contributed by atoms with Crippen LogP contribution in [0.25, 0.3) is 0 Å². The number of sulfonamides is 1. The lowest BCUT2D eigenvalue weighted by Crippen LogP contribution is -2.54. The van der Waals surface area contributed by atoms with E-state index in [2.05, 4.69) is 10.6 Å². The molecule has 1 aliphatic heterocycles. The highest BCUT2D eigenvalue weighted by atomic mass is 32.2. The first kappa shape index (κ1) is 25.3. The topological polar surface area (TPSA) is 114 Å². The first-order valence-corrected chi connectivity index (χ1v) is 12.1. The van der Waals surface area contributed by atoms with Crippen molar-refractivity contribution in [2.45, 2.75) is 57.3 Å². The molecule has 2 aromatic carbocycles. The number of nitrogens with one attached hydrogen (secondary N) is 2. The standard InChI is InChI=1S/C23H28FN3O6S/c1-14-21(13-25-15(2)28)32-20-11-8-17(26-22(29)33-23(3,4)5)12-19(20)27(14)34(30,31)18-9-6-16(24)7-10-18/h6-12,14,21H,13H2,1-5H3,(H,25,28)(H,26,29)/t14-,21-/m1/s1. The maximum Gasteiger partial charge on any atom is 0.412 e. The van der Waals surface area contributed by atoms with Gasteiger partial charge in [-0.1, -0.05) is 0 Å². The fourth-order valence-corrected chi connectivity index (χ4v) is 5.13. The summed E-state index contributed by atoms with van der Waals surface area (Å²) in [6, 6.07) is 8.29. The summed E-state index contributed by atoms with van der Waals surface area (Å²) in [7, 11) is -4.16. The van der Waals surface area contributed by atoms with E-state index in [1.54, 1.807) is 33.8 Å². The van der Waals surface area contributed by atoms with Crippen LogP contribution in [0, 0.1) is 5.82 Å². The molecule has 2 atom stereocenters. The van der Waals surface area contributed by atoms with Crippen LogP contribution < -0.4 is 19.7 Å². The molecule has 1 aliphatic rings. The first-order chi connectivity index (χ1) is 15.8. The van der Waals surface area contributed by atoms with E-state index in [4.69, 9.17) is 9.47 Å². The zero-order valence-corrected chi connectivity index (χ0v) is 20.4. The molecule has 0 aromatic heterocycles. The maximum absolute atomic E-state index is 13.6. The van der Waals surface area contributed by atoms with Crippen molar-refractivity contribution in [3.8, 4) is 5.75 Å². The molecule has 1 heterocycles. The molecule has 0 radical (unpaired) electrons. The van der Waals surface area contributed by atoms with Gasteiger partial charge in [0.1, 0.15) is 23.3 Å². The summed E-state index contributed by atoms with van der Waals surface area (Å²) in [6.45, 7) is 8.24. The maximum atomic E-state index is 13.6. The minimum absolute atomic E-state index is 0.0727. The summed E-state index contributed by atoms with van der Waals surface area (Å²) in [4.78, 5) is 23.5. The lowest BCUT2D eigenvalue weighted by Gasteiger charge is -2.41. The van der Waals surface area contributed by atoms with Crippen LogP contribution in [0.3, 0.4) is 0 Å². The number of hydrogen-bond acceptors (Lipinski definition) is 6. The monoisotopic (exact) mass is 493 g/mol. The van der Waals surface area contributed by atoms with E-state index in [9.17, 15) is 22.4 Å². The predicted molar refractivity (Wildman–Crippen MR) is 125 cm³/mol. The summed E-state index contributed by atoms with van der Waals surface area (Å²) in [5.41, 5.74) is -0.238. The Kier molecular flexibility index (Phi) is 7.06. The summed E-state index contributed by atoms with van der Waals surface area (Å²) >= 11 is 0. The number of ether oxygens (including phenoxy) is 2. The molecule has 0 spiro atoms. The number of hydrogen-bond donors (Lipinski definition) is 2. The van der Waals surface area contributed by atoms with E-state index in [1.165, 1.54) is 31.2 Å². The summed E-state index contributed by atoms with van der Waals surface area (Å²) in [5.74, 6) is -0.609. The van der Waals surface area contributed by atoms with Gasteiger partial charge in [-0.25, -0.2) is 17.6 Å². The van der Waals surface area contributed by atoms with Crippen molar-refractivity contribution in [2.75, 3.05) is 16.2 Å². The number of rotatable bonds is 5. The number of benzene rings is 2. The highest BCUT2D eigenvalue weighted by Crippen LogP contribution is 2.41. The first-order valence-electron chi connectivity index (χ1n) is 10.6. The second-order valence-corrected chi connectivity index (χ2v) is 10.7. The molecule has 0 fully saturated rings. The van der Waals surface area contributed by atoms with Crippen molar-refractivity contribution < 1.29 is 31.9 Å². The largest absolute Gasteiger partial charge is 0.484 e. The molecule has 2 amide bonds. The van der Waals surface area contributed by atoms with Gasteiger partial charge in [-0.3, -0.25) is 14.4 Å². The molecule has 3 rings (SSSR count). The number of halogens is 1. The highest BCUT2D eigenvalue weighted by Gasteiger charge is 2.40. The normalized spacial score (nSPS) is 17.9. The van der Waals surface area contributed by atoms with Gasteiger partial charge >= 0.3 is 6.09 Å². The van der Waals surface area contributed by atoms with Crippen LogP contribution in [0.1, 0.15) is 34.6 Å². The fourth-order valence-electron chi connectivity index (χ4n) is 3.45. The predicted octanol–water partition coefficient (Wildman–Crippen LogP) is 3.65. The third-order valence-electron chi connectivity index (χ3n) is 4.95. The summed E-state index contributed by atoms with van der Waals surface area (Å²) in [5, 5.41) is 5.24. The van der Waals surface area contributed by atoms with Crippen molar-refractivity contribution in [1.29, 1.82) is 0 Å². The van der Waals surface area contributed by atoms with Crippen molar-refractivity contribution in [3.63, 3.8) is 0 Å². The number of carbonyl (C=O) groups is 2. The molecule has 0 saturated carbocycles. The molecular formula is C23H28FN3O6S. The van der Waals surface area contributed by atoms with Gasteiger partial charge in [0.25, 0.3) is 10.0 Å². The minimum Gasteiger partial charge on any atom is -0.484 e. The number of amides is 2. The van der Waals surface area contributed by atoms with E-state index < -0.39 is 39.7 Å². The Balaban J connectivity index is 2.04. The quantitative estimate of drug-likeness (QED) is 0.657. The van der Waals surface area contributed by atoms with Crippen molar-refractivity contribution in [3.05, 3.63) is 48.3 Å². The molecule has 34 heavy (non-hydrogen) atoms. The lowest BCUT2D eigenvalue weighted by molar-refractivity contribution is -0.119. The lowest BCUT2D eigenvalue weighted by atomic mass is 10.1. The molecule has 11 heteroatoms. The van der Waals surface area contributed by atoms with Gasteiger partial charge in [0, 0.05) is 12.6 Å². The molecule has 2 N–H and O–H groups in total. The van der Waals surface area contributed by atoms with Crippen LogP contribution >= 0.6 is 0 Å². The Bertz CT molecular complexity index is 1180. The van der Waals surface area contributed by atoms with E-state index in [-0.39, 0.29) is 28.8 Å². The molecule has 9 nitrogen and oxygen atoms in total. The second kappa shape index (κ2) is 9.49. The van der Waals surface area contributed by atoms with E-state index >= 15 is 0 Å². The van der Waals surface area contributed by atoms with Gasteiger partial charge in [-0.05, 0) is 70.2 Å². The Labute approximate surface area is 198 Å².